The fourth-order valence-electron chi connectivity index (χ4n) is 5.34. The summed E-state index contributed by atoms with van der Waals surface area (Å²) < 4.78 is 1.82. The summed E-state index contributed by atoms with van der Waals surface area (Å²) in [4.78, 5) is 30.3. The van der Waals surface area contributed by atoms with E-state index in [9.17, 15) is 9.59 Å². The molecule has 1 aromatic heterocycles. The number of nitrogens with zero attached hydrogens (tertiary/aromatic N) is 4. The molecule has 7 heteroatoms. The lowest BCUT2D eigenvalue weighted by molar-refractivity contribution is -0.125. The minimum Gasteiger partial charge on any atom is -0.339 e. The molecule has 37 heavy (non-hydrogen) atoms. The molecule has 3 heterocycles. The van der Waals surface area contributed by atoms with Gasteiger partial charge in [-0.2, -0.15) is 5.10 Å². The molecule has 0 aliphatic carbocycles. The van der Waals surface area contributed by atoms with Gasteiger partial charge >= 0.3 is 0 Å². The van der Waals surface area contributed by atoms with Crippen LogP contribution in [0.15, 0.2) is 54.9 Å². The van der Waals surface area contributed by atoms with Gasteiger partial charge < -0.3 is 10.2 Å². The molecule has 7 nitrogen and oxygen atoms in total. The average Bonchev–Trinajstić information content (AvgIpc) is 3.30. The zero-order valence-electron chi connectivity index (χ0n) is 22.3. The van der Waals surface area contributed by atoms with Crippen LogP contribution < -0.4 is 5.32 Å². The summed E-state index contributed by atoms with van der Waals surface area (Å²) >= 11 is 0. The first-order valence-electron chi connectivity index (χ1n) is 13.3. The highest BCUT2D eigenvalue weighted by atomic mass is 16.2. The summed E-state index contributed by atoms with van der Waals surface area (Å²) in [6.45, 7) is 9.32. The lowest BCUT2D eigenvalue weighted by atomic mass is 9.88. The predicted octanol–water partition coefficient (Wildman–Crippen LogP) is 4.69. The van der Waals surface area contributed by atoms with Gasteiger partial charge in [0, 0.05) is 62.3 Å². The number of anilines is 1. The number of amides is 2. The number of aryl methyl sites for hydroxylation is 2. The van der Waals surface area contributed by atoms with Crippen LogP contribution in [0.5, 0.6) is 0 Å². The molecule has 0 spiro atoms. The molecule has 2 amide bonds. The Labute approximate surface area is 219 Å². The van der Waals surface area contributed by atoms with Crippen molar-refractivity contribution in [1.29, 1.82) is 0 Å². The van der Waals surface area contributed by atoms with Crippen molar-refractivity contribution in [3.8, 4) is 11.1 Å². The maximum Gasteiger partial charge on any atom is 0.253 e. The summed E-state index contributed by atoms with van der Waals surface area (Å²) in [5.41, 5.74) is 5.96. The standard InChI is InChI=1S/C30H37N5O2/c1-20(2)35-18-27(19-35)29(36)32-28-15-25(6-5-21(28)3)30(37)34-13-11-24(12-14-34)22-7-9-23(10-8-22)26-16-31-33(4)17-26/h5-10,15-17,20,24,27H,11-14,18-19H2,1-4H3,(H,32,36). The lowest BCUT2D eigenvalue weighted by Crippen LogP contribution is -2.54. The molecule has 2 fully saturated rings. The highest BCUT2D eigenvalue weighted by molar-refractivity contribution is 5.98. The highest BCUT2D eigenvalue weighted by Gasteiger charge is 2.34. The number of carbonyl (C=O) groups excluding carboxylic acids is 2. The maximum atomic E-state index is 13.3. The summed E-state index contributed by atoms with van der Waals surface area (Å²) in [5, 5.41) is 7.33. The summed E-state index contributed by atoms with van der Waals surface area (Å²) in [6, 6.07) is 14.9. The third-order valence-electron chi connectivity index (χ3n) is 7.96. The Morgan fingerprint density at radius 2 is 1.70 bits per heavy atom. The van der Waals surface area contributed by atoms with Crippen LogP contribution in [0.2, 0.25) is 0 Å². The molecule has 3 aromatic rings. The molecule has 0 saturated carbocycles. The van der Waals surface area contributed by atoms with Gasteiger partial charge in [-0.25, -0.2) is 0 Å². The number of nitrogens with one attached hydrogen (secondary N) is 1. The van der Waals surface area contributed by atoms with E-state index in [0.717, 1.165) is 55.8 Å². The van der Waals surface area contributed by atoms with Gasteiger partial charge in [0.25, 0.3) is 5.91 Å². The van der Waals surface area contributed by atoms with Crippen LogP contribution in [-0.2, 0) is 11.8 Å². The molecule has 2 aliphatic heterocycles. The van der Waals surface area contributed by atoms with E-state index in [-0.39, 0.29) is 17.7 Å². The number of rotatable bonds is 6. The number of likely N-dealkylation sites (tertiary alicyclic amines) is 2. The first kappa shape index (κ1) is 25.2. The van der Waals surface area contributed by atoms with Crippen molar-refractivity contribution in [2.45, 2.75) is 45.6 Å². The molecule has 2 saturated heterocycles. The van der Waals surface area contributed by atoms with Crippen LogP contribution in [0.3, 0.4) is 0 Å². The molecule has 194 valence electrons. The van der Waals surface area contributed by atoms with Gasteiger partial charge in [-0.15, -0.1) is 0 Å². The van der Waals surface area contributed by atoms with Gasteiger partial charge in [-0.1, -0.05) is 30.3 Å². The van der Waals surface area contributed by atoms with Crippen molar-refractivity contribution in [3.05, 3.63) is 71.5 Å². The Balaban J connectivity index is 1.17. The van der Waals surface area contributed by atoms with E-state index in [1.54, 1.807) is 0 Å². The Morgan fingerprint density at radius 1 is 1.00 bits per heavy atom. The largest absolute Gasteiger partial charge is 0.339 e. The SMILES string of the molecule is Cc1ccc(C(=O)N2CCC(c3ccc(-c4cnn(C)c4)cc3)CC2)cc1NC(=O)C1CN(C(C)C)C1. The van der Waals surface area contributed by atoms with Crippen molar-refractivity contribution in [3.63, 3.8) is 0 Å². The molecule has 5 rings (SSSR count). The predicted molar refractivity (Wildman–Crippen MR) is 147 cm³/mol. The Hall–Kier alpha value is -3.45. The lowest BCUT2D eigenvalue weighted by Gasteiger charge is -2.41. The molecule has 2 aromatic carbocycles. The topological polar surface area (TPSA) is 70.5 Å². The van der Waals surface area contributed by atoms with E-state index in [1.807, 2.05) is 54.1 Å². The molecule has 0 atom stereocenters. The maximum absolute atomic E-state index is 13.3. The highest BCUT2D eigenvalue weighted by Crippen LogP contribution is 2.31. The second-order valence-corrected chi connectivity index (χ2v) is 10.9. The Kier molecular flexibility index (Phi) is 7.15. The van der Waals surface area contributed by atoms with Gasteiger partial charge in [-0.05, 0) is 68.4 Å². The normalized spacial score (nSPS) is 17.2. The number of piperidine rings is 1. The molecule has 1 N–H and O–H groups in total. The van der Waals surface area contributed by atoms with E-state index in [1.165, 1.54) is 11.1 Å². The number of hydrogen-bond donors (Lipinski definition) is 1. The zero-order valence-corrected chi connectivity index (χ0v) is 22.3. The van der Waals surface area contributed by atoms with Crippen molar-refractivity contribution in [1.82, 2.24) is 19.6 Å². The average molecular weight is 500 g/mol. The van der Waals surface area contributed by atoms with Gasteiger partial charge in [0.15, 0.2) is 0 Å². The fourth-order valence-corrected chi connectivity index (χ4v) is 5.34. The summed E-state index contributed by atoms with van der Waals surface area (Å²) in [7, 11) is 1.93. The third kappa shape index (κ3) is 5.47. The van der Waals surface area contributed by atoms with E-state index >= 15 is 0 Å². The second-order valence-electron chi connectivity index (χ2n) is 10.9. The first-order chi connectivity index (χ1) is 17.8. The molecule has 0 radical (unpaired) electrons. The number of benzene rings is 2. The van der Waals surface area contributed by atoms with Gasteiger partial charge in [0.1, 0.15) is 0 Å². The van der Waals surface area contributed by atoms with Crippen molar-refractivity contribution in [2.24, 2.45) is 13.0 Å². The fraction of sp³-hybridized carbons (Fsp3) is 0.433. The van der Waals surface area contributed by atoms with E-state index in [2.05, 4.69) is 53.4 Å². The molecule has 2 aliphatic rings. The molecular weight excluding hydrogens is 462 g/mol. The number of hydrogen-bond acceptors (Lipinski definition) is 4. The third-order valence-corrected chi connectivity index (χ3v) is 7.96. The molecular formula is C30H37N5O2. The van der Waals surface area contributed by atoms with Crippen LogP contribution in [0.1, 0.15) is 54.1 Å². The van der Waals surface area contributed by atoms with Crippen LogP contribution in [-0.4, -0.2) is 63.6 Å². The van der Waals surface area contributed by atoms with Crippen molar-refractivity contribution >= 4 is 17.5 Å². The van der Waals surface area contributed by atoms with E-state index < -0.39 is 0 Å². The smallest absolute Gasteiger partial charge is 0.253 e. The minimum absolute atomic E-state index is 0.0126. The zero-order chi connectivity index (χ0) is 26.1. The number of carbonyl (C=O) groups is 2. The number of aromatic nitrogens is 2. The van der Waals surface area contributed by atoms with Crippen LogP contribution in [0.25, 0.3) is 11.1 Å². The molecule has 0 bridgehead atoms. The minimum atomic E-state index is 0.0126. The van der Waals surface area contributed by atoms with Gasteiger partial charge in [0.05, 0.1) is 12.1 Å². The van der Waals surface area contributed by atoms with Gasteiger partial charge in [-0.3, -0.25) is 19.2 Å². The molecule has 0 unspecified atom stereocenters. The Morgan fingerprint density at radius 3 is 2.32 bits per heavy atom. The second kappa shape index (κ2) is 10.5. The van der Waals surface area contributed by atoms with E-state index in [4.69, 9.17) is 0 Å². The van der Waals surface area contributed by atoms with Crippen molar-refractivity contribution in [2.75, 3.05) is 31.5 Å². The van der Waals surface area contributed by atoms with Crippen molar-refractivity contribution < 1.29 is 9.59 Å². The Bertz CT molecular complexity index is 1270. The first-order valence-corrected chi connectivity index (χ1v) is 13.3. The monoisotopic (exact) mass is 499 g/mol. The van der Waals surface area contributed by atoms with Gasteiger partial charge in [0.2, 0.25) is 5.91 Å². The van der Waals surface area contributed by atoms with Crippen LogP contribution in [0, 0.1) is 12.8 Å². The quantitative estimate of drug-likeness (QED) is 0.534. The summed E-state index contributed by atoms with van der Waals surface area (Å²) in [6.07, 6.45) is 5.80. The van der Waals surface area contributed by atoms with Crippen LogP contribution in [0.4, 0.5) is 5.69 Å². The van der Waals surface area contributed by atoms with Crippen LogP contribution >= 0.6 is 0 Å². The van der Waals surface area contributed by atoms with E-state index in [0.29, 0.717) is 17.5 Å². The summed E-state index contributed by atoms with van der Waals surface area (Å²) in [5.74, 6) is 0.543.